The monoisotopic (exact) mass is 212 g/mol. The van der Waals surface area contributed by atoms with Gasteiger partial charge in [-0.25, -0.2) is 0 Å². The van der Waals surface area contributed by atoms with E-state index in [1.54, 1.807) is 0 Å². The lowest BCUT2D eigenvalue weighted by Gasteiger charge is -2.39. The van der Waals surface area contributed by atoms with Gasteiger partial charge in [0.2, 0.25) is 0 Å². The second kappa shape index (κ2) is 5.10. The number of hydrogen-bond donors (Lipinski definition) is 0. The molecule has 0 aromatic rings. The summed E-state index contributed by atoms with van der Waals surface area (Å²) in [7, 11) is -0.827. The molecule has 0 bridgehead atoms. The van der Waals surface area contributed by atoms with Gasteiger partial charge in [0.15, 0.2) is 0 Å². The lowest BCUT2D eigenvalue weighted by Crippen LogP contribution is -2.38. The Hall–Kier alpha value is -0.113. The molecule has 1 aliphatic carbocycles. The summed E-state index contributed by atoms with van der Waals surface area (Å²) in [6, 6.07) is 0. The zero-order chi connectivity index (χ0) is 10.6. The van der Waals surface area contributed by atoms with E-state index in [0.717, 1.165) is 12.8 Å². The summed E-state index contributed by atoms with van der Waals surface area (Å²) < 4.78 is 0. The van der Waals surface area contributed by atoms with Gasteiger partial charge in [-0.15, -0.1) is 0 Å². The fourth-order valence-corrected chi connectivity index (χ4v) is 5.12. The van der Waals surface area contributed by atoms with Gasteiger partial charge in [-0.2, -0.15) is 0 Å². The lowest BCUT2D eigenvalue weighted by molar-refractivity contribution is -0.124. The van der Waals surface area contributed by atoms with E-state index in [1.807, 2.05) is 0 Å². The molecular weight excluding hydrogens is 188 g/mol. The summed E-state index contributed by atoms with van der Waals surface area (Å²) in [5.74, 6) is 0.610. The third-order valence-electron chi connectivity index (χ3n) is 3.91. The highest BCUT2D eigenvalue weighted by molar-refractivity contribution is 6.64. The van der Waals surface area contributed by atoms with Gasteiger partial charge in [0, 0.05) is 20.3 Å². The van der Waals surface area contributed by atoms with Crippen LogP contribution in [0.25, 0.3) is 0 Å². The smallest absolute Gasteiger partial charge is 0.136 e. The van der Waals surface area contributed by atoms with E-state index in [2.05, 4.69) is 20.0 Å². The molecule has 0 radical (unpaired) electrons. The van der Waals surface area contributed by atoms with Gasteiger partial charge in [-0.1, -0.05) is 39.3 Å². The lowest BCUT2D eigenvalue weighted by atomic mass is 9.83. The molecule has 1 rings (SSSR count). The average molecular weight is 212 g/mol. The Labute approximate surface area is 89.9 Å². The molecule has 1 unspecified atom stereocenters. The van der Waals surface area contributed by atoms with Gasteiger partial charge in [0.1, 0.15) is 5.78 Å². The van der Waals surface area contributed by atoms with Crippen LogP contribution in [0, 0.1) is 0 Å². The zero-order valence-electron chi connectivity index (χ0n) is 9.94. The van der Waals surface area contributed by atoms with Crippen molar-refractivity contribution in [3.05, 3.63) is 0 Å². The molecule has 1 atom stereocenters. The Morgan fingerprint density at radius 2 is 2.07 bits per heavy atom. The van der Waals surface area contributed by atoms with E-state index in [9.17, 15) is 4.79 Å². The van der Waals surface area contributed by atoms with Crippen LogP contribution < -0.4 is 0 Å². The first kappa shape index (κ1) is 12.0. The first-order valence-corrected chi connectivity index (χ1v) is 9.05. The average Bonchev–Trinajstić information content (AvgIpc) is 2.16. The van der Waals surface area contributed by atoms with Crippen molar-refractivity contribution < 1.29 is 4.79 Å². The molecule has 0 aromatic carbocycles. The normalized spacial score (nSPS) is 28.4. The van der Waals surface area contributed by atoms with Gasteiger partial charge < -0.3 is 0 Å². The van der Waals surface area contributed by atoms with E-state index in [1.165, 1.54) is 32.1 Å². The Morgan fingerprint density at radius 3 is 2.57 bits per heavy atom. The second-order valence-corrected chi connectivity index (χ2v) is 8.46. The van der Waals surface area contributed by atoms with E-state index in [0.29, 0.717) is 5.78 Å². The number of carbonyl (C=O) groups is 1. The van der Waals surface area contributed by atoms with Gasteiger partial charge in [-0.05, 0) is 19.3 Å². The maximum atomic E-state index is 12.1. The third kappa shape index (κ3) is 2.27. The van der Waals surface area contributed by atoms with E-state index >= 15 is 0 Å². The number of carbonyl (C=O) groups excluding carboxylic acids is 1. The van der Waals surface area contributed by atoms with Crippen LogP contribution in [0.1, 0.15) is 51.9 Å². The highest BCUT2D eigenvalue weighted by Crippen LogP contribution is 2.46. The molecule has 0 amide bonds. The Balaban J connectivity index is 2.72. The molecule has 82 valence electrons. The van der Waals surface area contributed by atoms with Crippen molar-refractivity contribution in [2.75, 3.05) is 0 Å². The number of Topliss-reactive ketones (excluding diaryl/α,β-unsaturated/α-hetero) is 1. The van der Waals surface area contributed by atoms with Crippen molar-refractivity contribution >= 4 is 14.6 Å². The van der Waals surface area contributed by atoms with Crippen molar-refractivity contribution in [3.63, 3.8) is 0 Å². The molecule has 0 aliphatic heterocycles. The van der Waals surface area contributed by atoms with Crippen molar-refractivity contribution in [1.82, 2.24) is 0 Å². The van der Waals surface area contributed by atoms with E-state index in [-0.39, 0.29) is 5.04 Å². The molecule has 14 heavy (non-hydrogen) atoms. The van der Waals surface area contributed by atoms with E-state index in [4.69, 9.17) is 0 Å². The minimum absolute atomic E-state index is 0.189. The number of hydrogen-bond acceptors (Lipinski definition) is 1. The molecule has 1 saturated carbocycles. The third-order valence-corrected chi connectivity index (χ3v) is 7.02. The molecule has 0 aromatic heterocycles. The first-order chi connectivity index (χ1) is 6.63. The second-order valence-electron chi connectivity index (χ2n) is 5.04. The minimum atomic E-state index is -0.827. The maximum absolute atomic E-state index is 12.1. The van der Waals surface area contributed by atoms with Crippen LogP contribution in [0.3, 0.4) is 0 Å². The summed E-state index contributed by atoms with van der Waals surface area (Å²) >= 11 is 0. The van der Waals surface area contributed by atoms with Crippen LogP contribution >= 0.6 is 0 Å². The Kier molecular flexibility index (Phi) is 4.36. The highest BCUT2D eigenvalue weighted by atomic mass is 28.3. The molecule has 0 spiro atoms. The first-order valence-electron chi connectivity index (χ1n) is 6.17. The fraction of sp³-hybridized carbons (Fsp3) is 0.917. The van der Waals surface area contributed by atoms with E-state index < -0.39 is 8.80 Å². The van der Waals surface area contributed by atoms with Crippen LogP contribution in [-0.4, -0.2) is 14.6 Å². The van der Waals surface area contributed by atoms with Crippen LogP contribution in [0.15, 0.2) is 0 Å². The molecule has 1 nitrogen and oxygen atoms in total. The number of rotatable bonds is 4. The Bertz CT molecular complexity index is 200. The van der Waals surface area contributed by atoms with Crippen LogP contribution in [0.5, 0.6) is 0 Å². The summed E-state index contributed by atoms with van der Waals surface area (Å²) in [5, 5.41) is 0.189. The van der Waals surface area contributed by atoms with Gasteiger partial charge >= 0.3 is 0 Å². The standard InChI is InChI=1S/C12H24OSi/c1-4-5-9-12(14(2)3)10-7-6-8-11(12)13/h14H,4-10H2,1-3H3. The minimum Gasteiger partial charge on any atom is -0.299 e. The molecule has 0 heterocycles. The number of unbranched alkanes of at least 4 members (excludes halogenated alkanes) is 1. The van der Waals surface area contributed by atoms with Gasteiger partial charge in [-0.3, -0.25) is 4.79 Å². The zero-order valence-corrected chi connectivity index (χ0v) is 11.1. The highest BCUT2D eigenvalue weighted by Gasteiger charge is 2.41. The molecule has 2 heteroatoms. The quantitative estimate of drug-likeness (QED) is 0.651. The summed E-state index contributed by atoms with van der Waals surface area (Å²) in [6.45, 7) is 6.95. The van der Waals surface area contributed by atoms with Crippen LogP contribution in [0.2, 0.25) is 18.1 Å². The summed E-state index contributed by atoms with van der Waals surface area (Å²) in [6.07, 6.45) is 8.18. The van der Waals surface area contributed by atoms with Gasteiger partial charge in [0.05, 0.1) is 0 Å². The molecule has 0 N–H and O–H groups in total. The van der Waals surface area contributed by atoms with Crippen LogP contribution in [-0.2, 0) is 4.79 Å². The van der Waals surface area contributed by atoms with Crippen molar-refractivity contribution in [2.45, 2.75) is 70.0 Å². The number of ketones is 1. The van der Waals surface area contributed by atoms with Crippen molar-refractivity contribution in [1.29, 1.82) is 0 Å². The van der Waals surface area contributed by atoms with Crippen LogP contribution in [0.4, 0.5) is 0 Å². The van der Waals surface area contributed by atoms with Crippen molar-refractivity contribution in [2.24, 2.45) is 0 Å². The topological polar surface area (TPSA) is 17.1 Å². The largest absolute Gasteiger partial charge is 0.299 e. The molecule has 1 aliphatic rings. The fourth-order valence-electron chi connectivity index (χ4n) is 2.77. The SMILES string of the molecule is CCCCC1([SiH](C)C)CCCCC1=O. The van der Waals surface area contributed by atoms with Gasteiger partial charge in [0.25, 0.3) is 0 Å². The molecule has 0 saturated heterocycles. The maximum Gasteiger partial charge on any atom is 0.136 e. The summed E-state index contributed by atoms with van der Waals surface area (Å²) in [4.78, 5) is 12.1. The van der Waals surface area contributed by atoms with Crippen molar-refractivity contribution in [3.8, 4) is 0 Å². The predicted octanol–water partition coefficient (Wildman–Crippen LogP) is 3.55. The summed E-state index contributed by atoms with van der Waals surface area (Å²) in [5.41, 5.74) is 0. The Morgan fingerprint density at radius 1 is 1.36 bits per heavy atom. The predicted molar refractivity (Wildman–Crippen MR) is 64.6 cm³/mol. The molecular formula is C12H24OSi. The molecule has 1 fully saturated rings.